The SMILES string of the molecule is CCc1noc(CC)c1CNC(=NC)NCC(c1cccs1)N(C)C.I. The molecule has 0 fully saturated rings. The van der Waals surface area contributed by atoms with Crippen LogP contribution in [0.2, 0.25) is 0 Å². The maximum atomic E-state index is 5.42. The van der Waals surface area contributed by atoms with Gasteiger partial charge in [-0.1, -0.05) is 25.1 Å². The molecule has 8 heteroatoms. The lowest BCUT2D eigenvalue weighted by Gasteiger charge is -2.24. The van der Waals surface area contributed by atoms with E-state index in [1.807, 2.05) is 0 Å². The predicted octanol–water partition coefficient (Wildman–Crippen LogP) is 3.45. The second kappa shape index (κ2) is 11.6. The smallest absolute Gasteiger partial charge is 0.191 e. The fourth-order valence-corrected chi connectivity index (χ4v) is 3.67. The van der Waals surface area contributed by atoms with Gasteiger partial charge in [0.05, 0.1) is 11.7 Å². The molecular formula is C18H30IN5OS. The number of guanidine groups is 1. The molecule has 0 saturated heterocycles. The Morgan fingerprint density at radius 1 is 1.31 bits per heavy atom. The van der Waals surface area contributed by atoms with Gasteiger partial charge in [0.15, 0.2) is 5.96 Å². The molecule has 26 heavy (non-hydrogen) atoms. The first kappa shape index (κ1) is 22.9. The van der Waals surface area contributed by atoms with Crippen LogP contribution in [0.25, 0.3) is 0 Å². The highest BCUT2D eigenvalue weighted by molar-refractivity contribution is 14.0. The van der Waals surface area contributed by atoms with Gasteiger partial charge >= 0.3 is 0 Å². The number of hydrogen-bond donors (Lipinski definition) is 2. The van der Waals surface area contributed by atoms with Crippen LogP contribution in [0.1, 0.15) is 41.8 Å². The normalized spacial score (nSPS) is 12.8. The third-order valence-electron chi connectivity index (χ3n) is 4.22. The molecule has 6 nitrogen and oxygen atoms in total. The zero-order valence-corrected chi connectivity index (χ0v) is 19.4. The van der Waals surface area contributed by atoms with Crippen LogP contribution in [-0.4, -0.2) is 43.7 Å². The van der Waals surface area contributed by atoms with E-state index >= 15 is 0 Å². The van der Waals surface area contributed by atoms with Crippen molar-refractivity contribution in [3.05, 3.63) is 39.4 Å². The Hall–Kier alpha value is -1.13. The number of aliphatic imine (C=N–C) groups is 1. The summed E-state index contributed by atoms with van der Waals surface area (Å²) in [5.74, 6) is 1.73. The van der Waals surface area contributed by atoms with E-state index in [0.717, 1.165) is 42.4 Å². The summed E-state index contributed by atoms with van der Waals surface area (Å²) in [7, 11) is 5.99. The number of rotatable bonds is 8. The van der Waals surface area contributed by atoms with Gasteiger partial charge in [-0.15, -0.1) is 35.3 Å². The van der Waals surface area contributed by atoms with Crippen LogP contribution in [0.3, 0.4) is 0 Å². The monoisotopic (exact) mass is 491 g/mol. The van der Waals surface area contributed by atoms with Crippen molar-refractivity contribution in [3.63, 3.8) is 0 Å². The average Bonchev–Trinajstić information content (AvgIpc) is 3.26. The number of thiophene rings is 1. The van der Waals surface area contributed by atoms with E-state index in [1.54, 1.807) is 18.4 Å². The molecule has 2 rings (SSSR count). The van der Waals surface area contributed by atoms with Gasteiger partial charge in [-0.3, -0.25) is 4.99 Å². The van der Waals surface area contributed by atoms with E-state index in [1.165, 1.54) is 4.88 Å². The highest BCUT2D eigenvalue weighted by Gasteiger charge is 2.17. The Morgan fingerprint density at radius 2 is 2.08 bits per heavy atom. The maximum Gasteiger partial charge on any atom is 0.191 e. The maximum absolute atomic E-state index is 5.42. The summed E-state index contributed by atoms with van der Waals surface area (Å²) >= 11 is 1.78. The van der Waals surface area contributed by atoms with Crippen LogP contribution in [0.4, 0.5) is 0 Å². The highest BCUT2D eigenvalue weighted by atomic mass is 127. The topological polar surface area (TPSA) is 65.7 Å². The van der Waals surface area contributed by atoms with Crippen molar-refractivity contribution in [1.29, 1.82) is 0 Å². The summed E-state index contributed by atoms with van der Waals surface area (Å²) in [5.41, 5.74) is 2.17. The molecular weight excluding hydrogens is 461 g/mol. The van der Waals surface area contributed by atoms with Crippen molar-refractivity contribution in [2.45, 2.75) is 39.3 Å². The summed E-state index contributed by atoms with van der Waals surface area (Å²) in [6, 6.07) is 4.57. The molecule has 146 valence electrons. The van der Waals surface area contributed by atoms with Gasteiger partial charge in [-0.25, -0.2) is 0 Å². The summed E-state index contributed by atoms with van der Waals surface area (Å²) in [5, 5.41) is 13.1. The van der Waals surface area contributed by atoms with E-state index in [0.29, 0.717) is 12.6 Å². The van der Waals surface area contributed by atoms with Crippen LogP contribution in [0.5, 0.6) is 0 Å². The van der Waals surface area contributed by atoms with Crippen molar-refractivity contribution in [1.82, 2.24) is 20.7 Å². The van der Waals surface area contributed by atoms with Gasteiger partial charge in [-0.2, -0.15) is 0 Å². The fourth-order valence-electron chi connectivity index (χ4n) is 2.74. The minimum absolute atomic E-state index is 0. The zero-order chi connectivity index (χ0) is 18.2. The first-order valence-corrected chi connectivity index (χ1v) is 9.59. The molecule has 0 radical (unpaired) electrons. The van der Waals surface area contributed by atoms with Crippen LogP contribution in [0.15, 0.2) is 27.0 Å². The molecule has 0 aliphatic heterocycles. The molecule has 2 aromatic rings. The molecule has 2 heterocycles. The minimum atomic E-state index is 0. The van der Waals surface area contributed by atoms with Gasteiger partial charge in [-0.05, 0) is 32.0 Å². The van der Waals surface area contributed by atoms with Crippen LogP contribution < -0.4 is 10.6 Å². The largest absolute Gasteiger partial charge is 0.361 e. The summed E-state index contributed by atoms with van der Waals surface area (Å²) in [6.07, 6.45) is 1.71. The van der Waals surface area contributed by atoms with E-state index in [4.69, 9.17) is 4.52 Å². The second-order valence-electron chi connectivity index (χ2n) is 6.04. The van der Waals surface area contributed by atoms with E-state index in [2.05, 4.69) is 71.1 Å². The lowest BCUT2D eigenvalue weighted by Crippen LogP contribution is -2.41. The Bertz CT molecular complexity index is 648. The number of halogens is 1. The van der Waals surface area contributed by atoms with E-state index < -0.39 is 0 Å². The molecule has 0 amide bonds. The van der Waals surface area contributed by atoms with Crippen LogP contribution in [-0.2, 0) is 19.4 Å². The Morgan fingerprint density at radius 3 is 2.62 bits per heavy atom. The summed E-state index contributed by atoms with van der Waals surface area (Å²) in [4.78, 5) is 7.90. The van der Waals surface area contributed by atoms with Crippen molar-refractivity contribution >= 4 is 41.3 Å². The van der Waals surface area contributed by atoms with Crippen molar-refractivity contribution in [2.75, 3.05) is 27.7 Å². The molecule has 2 N–H and O–H groups in total. The van der Waals surface area contributed by atoms with Gasteiger partial charge in [0.2, 0.25) is 0 Å². The van der Waals surface area contributed by atoms with Crippen molar-refractivity contribution in [3.8, 4) is 0 Å². The molecule has 0 aliphatic rings. The number of nitrogens with one attached hydrogen (secondary N) is 2. The molecule has 0 aromatic carbocycles. The van der Waals surface area contributed by atoms with E-state index in [9.17, 15) is 0 Å². The molecule has 1 unspecified atom stereocenters. The van der Waals surface area contributed by atoms with Gasteiger partial charge in [0.1, 0.15) is 5.76 Å². The van der Waals surface area contributed by atoms with Gasteiger partial charge < -0.3 is 20.1 Å². The van der Waals surface area contributed by atoms with E-state index in [-0.39, 0.29) is 24.0 Å². The van der Waals surface area contributed by atoms with Crippen LogP contribution in [0, 0.1) is 0 Å². The molecule has 2 aromatic heterocycles. The molecule has 0 saturated carbocycles. The van der Waals surface area contributed by atoms with Crippen molar-refractivity contribution in [2.24, 2.45) is 4.99 Å². The first-order chi connectivity index (χ1) is 12.1. The predicted molar refractivity (Wildman–Crippen MR) is 120 cm³/mol. The Kier molecular flexibility index (Phi) is 10.2. The zero-order valence-electron chi connectivity index (χ0n) is 16.2. The lowest BCUT2D eigenvalue weighted by molar-refractivity contribution is 0.302. The summed E-state index contributed by atoms with van der Waals surface area (Å²) < 4.78 is 5.42. The Labute approximate surface area is 177 Å². The molecule has 0 spiro atoms. The van der Waals surface area contributed by atoms with Crippen LogP contribution >= 0.6 is 35.3 Å². The number of aryl methyl sites for hydroxylation is 2. The first-order valence-electron chi connectivity index (χ1n) is 8.71. The quantitative estimate of drug-likeness (QED) is 0.337. The average molecular weight is 491 g/mol. The summed E-state index contributed by atoms with van der Waals surface area (Å²) in [6.45, 7) is 5.63. The number of likely N-dealkylation sites (N-methyl/N-ethyl adjacent to an activating group) is 1. The molecule has 0 bridgehead atoms. The second-order valence-corrected chi connectivity index (χ2v) is 7.02. The van der Waals surface area contributed by atoms with Crippen molar-refractivity contribution < 1.29 is 4.52 Å². The van der Waals surface area contributed by atoms with Gasteiger partial charge in [0.25, 0.3) is 0 Å². The molecule has 0 aliphatic carbocycles. The molecule has 1 atom stereocenters. The Balaban J connectivity index is 0.00000338. The lowest BCUT2D eigenvalue weighted by atomic mass is 10.1. The number of hydrogen-bond acceptors (Lipinski definition) is 5. The standard InChI is InChI=1S/C18H29N5OS.HI/c1-6-14-13(16(7-2)24-22-14)11-20-18(19-3)21-12-15(23(4)5)17-9-8-10-25-17;/h8-10,15H,6-7,11-12H2,1-5H3,(H2,19,20,21);1H. The number of nitrogens with zero attached hydrogens (tertiary/aromatic N) is 3. The third-order valence-corrected chi connectivity index (χ3v) is 5.19. The number of aromatic nitrogens is 1. The van der Waals surface area contributed by atoms with Gasteiger partial charge in [0, 0.05) is 37.0 Å². The minimum Gasteiger partial charge on any atom is -0.361 e. The fraction of sp³-hybridized carbons (Fsp3) is 0.556. The highest BCUT2D eigenvalue weighted by Crippen LogP contribution is 2.22. The third kappa shape index (κ3) is 5.95.